The van der Waals surface area contributed by atoms with Gasteiger partial charge in [-0.2, -0.15) is 5.10 Å². The van der Waals surface area contributed by atoms with Gasteiger partial charge < -0.3 is 20.1 Å². The van der Waals surface area contributed by atoms with Gasteiger partial charge in [0.15, 0.2) is 0 Å². The largest absolute Gasteiger partial charge is 0.345 e. The minimum absolute atomic E-state index is 0.00390. The van der Waals surface area contributed by atoms with Gasteiger partial charge in [0.05, 0.1) is 22.7 Å². The van der Waals surface area contributed by atoms with Crippen LogP contribution in [0.1, 0.15) is 15.9 Å². The number of anilines is 2. The van der Waals surface area contributed by atoms with Gasteiger partial charge >= 0.3 is 0 Å². The minimum Gasteiger partial charge on any atom is -0.345 e. The number of aromatic nitrogens is 5. The van der Waals surface area contributed by atoms with Crippen molar-refractivity contribution in [1.29, 1.82) is 0 Å². The Morgan fingerprint density at radius 3 is 2.83 bits per heavy atom. The Bertz CT molecular complexity index is 1200. The van der Waals surface area contributed by atoms with E-state index in [1.54, 1.807) is 12.4 Å². The fourth-order valence-electron chi connectivity index (χ4n) is 3.77. The number of carbonyl (C=O) groups is 1. The SMILES string of the molecule is Cc1cc2[nH]ncc2cc1Nc1ncnc2[nH]cc(C(=O)N3CCN(C)CC3)c12. The van der Waals surface area contributed by atoms with Crippen LogP contribution in [0.5, 0.6) is 0 Å². The third-order valence-corrected chi connectivity index (χ3v) is 5.53. The molecule has 1 aliphatic rings. The number of nitrogens with one attached hydrogen (secondary N) is 3. The Hall–Kier alpha value is -3.46. The molecule has 5 rings (SSSR count). The molecule has 4 aromatic rings. The lowest BCUT2D eigenvalue weighted by molar-refractivity contribution is 0.0666. The van der Waals surface area contributed by atoms with Crippen molar-refractivity contribution < 1.29 is 4.79 Å². The van der Waals surface area contributed by atoms with E-state index in [1.807, 2.05) is 24.0 Å². The Morgan fingerprint density at radius 1 is 1.17 bits per heavy atom. The molecule has 1 fully saturated rings. The van der Waals surface area contributed by atoms with Gasteiger partial charge in [0.2, 0.25) is 0 Å². The third kappa shape index (κ3) is 3.09. The topological polar surface area (TPSA) is 106 Å². The predicted octanol–water partition coefficient (Wildman–Crippen LogP) is 2.27. The van der Waals surface area contributed by atoms with Crippen molar-refractivity contribution in [1.82, 2.24) is 34.9 Å². The highest BCUT2D eigenvalue weighted by Gasteiger charge is 2.24. The molecule has 4 heterocycles. The van der Waals surface area contributed by atoms with Crippen LogP contribution in [0.25, 0.3) is 21.9 Å². The zero-order valence-corrected chi connectivity index (χ0v) is 16.4. The molecule has 1 aliphatic heterocycles. The average Bonchev–Trinajstić information content (AvgIpc) is 3.35. The van der Waals surface area contributed by atoms with Crippen molar-refractivity contribution in [3.8, 4) is 0 Å². The summed E-state index contributed by atoms with van der Waals surface area (Å²) in [6.45, 7) is 5.21. The number of carbonyl (C=O) groups excluding carboxylic acids is 1. The maximum absolute atomic E-state index is 13.2. The molecule has 0 atom stereocenters. The first kappa shape index (κ1) is 17.6. The number of rotatable bonds is 3. The summed E-state index contributed by atoms with van der Waals surface area (Å²) in [5, 5.41) is 12.2. The molecule has 148 valence electrons. The zero-order chi connectivity index (χ0) is 20.0. The highest BCUT2D eigenvalue weighted by atomic mass is 16.2. The number of aromatic amines is 2. The van der Waals surface area contributed by atoms with Crippen LogP contribution in [-0.2, 0) is 0 Å². The maximum atomic E-state index is 13.2. The van der Waals surface area contributed by atoms with Gasteiger partial charge in [-0.3, -0.25) is 9.89 Å². The molecule has 0 unspecified atom stereocenters. The smallest absolute Gasteiger partial charge is 0.256 e. The molecular formula is C20H22N8O. The lowest BCUT2D eigenvalue weighted by Crippen LogP contribution is -2.47. The number of likely N-dealkylation sites (N-methyl/N-ethyl adjacent to an activating group) is 1. The van der Waals surface area contributed by atoms with Crippen LogP contribution in [0, 0.1) is 6.92 Å². The van der Waals surface area contributed by atoms with Gasteiger partial charge in [-0.1, -0.05) is 0 Å². The molecule has 0 aliphatic carbocycles. The van der Waals surface area contributed by atoms with Crippen molar-refractivity contribution >= 4 is 39.3 Å². The van der Waals surface area contributed by atoms with E-state index in [1.165, 1.54) is 6.33 Å². The Morgan fingerprint density at radius 2 is 2.00 bits per heavy atom. The lowest BCUT2D eigenvalue weighted by atomic mass is 10.1. The number of nitrogens with zero attached hydrogens (tertiary/aromatic N) is 5. The summed E-state index contributed by atoms with van der Waals surface area (Å²) in [5.41, 5.74) is 4.18. The first-order chi connectivity index (χ1) is 14.1. The van der Waals surface area contributed by atoms with Crippen LogP contribution in [0.3, 0.4) is 0 Å². The number of hydrogen-bond acceptors (Lipinski definition) is 6. The second-order valence-electron chi connectivity index (χ2n) is 7.49. The summed E-state index contributed by atoms with van der Waals surface area (Å²) in [5.74, 6) is 0.615. The number of benzene rings is 1. The molecule has 3 aromatic heterocycles. The average molecular weight is 390 g/mol. The first-order valence-corrected chi connectivity index (χ1v) is 9.61. The van der Waals surface area contributed by atoms with E-state index in [2.05, 4.69) is 42.4 Å². The monoisotopic (exact) mass is 390 g/mol. The predicted molar refractivity (Wildman–Crippen MR) is 111 cm³/mol. The van der Waals surface area contributed by atoms with E-state index in [9.17, 15) is 4.79 Å². The molecule has 0 bridgehead atoms. The molecule has 29 heavy (non-hydrogen) atoms. The van der Waals surface area contributed by atoms with Crippen molar-refractivity contribution in [2.75, 3.05) is 38.5 Å². The Kier molecular flexibility index (Phi) is 4.17. The van der Waals surface area contributed by atoms with E-state index in [4.69, 9.17) is 0 Å². The second-order valence-corrected chi connectivity index (χ2v) is 7.49. The standard InChI is InChI=1S/C20H22N8O/c1-12-7-16-13(9-24-26-16)8-15(12)25-19-17-14(10-21-18(17)22-11-23-19)20(29)28-5-3-27(2)4-6-28/h7-11H,3-6H2,1-2H3,(H,24,26)(H2,21,22,23,25). The number of piperazine rings is 1. The summed E-state index contributed by atoms with van der Waals surface area (Å²) in [7, 11) is 2.07. The van der Waals surface area contributed by atoms with E-state index >= 15 is 0 Å². The molecule has 9 heteroatoms. The fourth-order valence-corrected chi connectivity index (χ4v) is 3.77. The van der Waals surface area contributed by atoms with Crippen LogP contribution in [0.2, 0.25) is 0 Å². The van der Waals surface area contributed by atoms with Crippen LogP contribution in [-0.4, -0.2) is 74.1 Å². The van der Waals surface area contributed by atoms with Gasteiger partial charge in [-0.25, -0.2) is 9.97 Å². The fraction of sp³-hybridized carbons (Fsp3) is 0.300. The lowest BCUT2D eigenvalue weighted by Gasteiger charge is -2.32. The summed E-state index contributed by atoms with van der Waals surface area (Å²) in [6.07, 6.45) is 5.02. The van der Waals surface area contributed by atoms with Crippen molar-refractivity contribution in [3.63, 3.8) is 0 Å². The number of aryl methyl sites for hydroxylation is 1. The summed E-state index contributed by atoms with van der Waals surface area (Å²) in [4.78, 5) is 29.2. The minimum atomic E-state index is 0.00390. The second kappa shape index (κ2) is 6.85. The summed E-state index contributed by atoms with van der Waals surface area (Å²) < 4.78 is 0. The van der Waals surface area contributed by atoms with Gasteiger partial charge in [0, 0.05) is 43.4 Å². The van der Waals surface area contributed by atoms with Crippen molar-refractivity contribution in [3.05, 3.63) is 42.0 Å². The number of fused-ring (bicyclic) bond motifs is 2. The molecule has 1 aromatic carbocycles. The van der Waals surface area contributed by atoms with Crippen LogP contribution >= 0.6 is 0 Å². The molecule has 1 amide bonds. The third-order valence-electron chi connectivity index (χ3n) is 5.53. The quantitative estimate of drug-likeness (QED) is 0.496. The van der Waals surface area contributed by atoms with E-state index in [-0.39, 0.29) is 5.91 Å². The Balaban J connectivity index is 1.53. The highest BCUT2D eigenvalue weighted by Crippen LogP contribution is 2.30. The molecule has 0 spiro atoms. The zero-order valence-electron chi connectivity index (χ0n) is 16.4. The van der Waals surface area contributed by atoms with E-state index in [0.717, 1.165) is 35.2 Å². The molecule has 0 radical (unpaired) electrons. The van der Waals surface area contributed by atoms with Crippen LogP contribution in [0.15, 0.2) is 30.9 Å². The van der Waals surface area contributed by atoms with E-state index < -0.39 is 0 Å². The maximum Gasteiger partial charge on any atom is 0.256 e. The summed E-state index contributed by atoms with van der Waals surface area (Å²) in [6, 6.07) is 4.06. The first-order valence-electron chi connectivity index (χ1n) is 9.61. The number of H-pyrrole nitrogens is 2. The number of hydrogen-bond donors (Lipinski definition) is 3. The molecule has 0 saturated carbocycles. The summed E-state index contributed by atoms with van der Waals surface area (Å²) >= 11 is 0. The molecule has 3 N–H and O–H groups in total. The van der Waals surface area contributed by atoms with Gasteiger partial charge in [0.25, 0.3) is 5.91 Å². The Labute approximate surface area is 167 Å². The normalized spacial score (nSPS) is 15.3. The van der Waals surface area contributed by atoms with Gasteiger partial charge in [-0.15, -0.1) is 0 Å². The molecular weight excluding hydrogens is 368 g/mol. The van der Waals surface area contributed by atoms with E-state index in [0.29, 0.717) is 35.5 Å². The molecule has 9 nitrogen and oxygen atoms in total. The number of amides is 1. The van der Waals surface area contributed by atoms with Crippen LogP contribution < -0.4 is 5.32 Å². The van der Waals surface area contributed by atoms with Gasteiger partial charge in [-0.05, 0) is 31.7 Å². The van der Waals surface area contributed by atoms with Crippen LogP contribution in [0.4, 0.5) is 11.5 Å². The molecule has 1 saturated heterocycles. The van der Waals surface area contributed by atoms with Crippen molar-refractivity contribution in [2.24, 2.45) is 0 Å². The van der Waals surface area contributed by atoms with Gasteiger partial charge in [0.1, 0.15) is 17.8 Å². The highest BCUT2D eigenvalue weighted by molar-refractivity contribution is 6.10. The van der Waals surface area contributed by atoms with Crippen molar-refractivity contribution in [2.45, 2.75) is 6.92 Å².